The lowest BCUT2D eigenvalue weighted by Gasteiger charge is -2.62. The summed E-state index contributed by atoms with van der Waals surface area (Å²) in [6, 6.07) is 0. The molecule has 0 saturated heterocycles. The fraction of sp³-hybridized carbons (Fsp3) is 0.955. The Labute approximate surface area is 163 Å². The third-order valence-corrected chi connectivity index (χ3v) is 8.83. The average Bonchev–Trinajstić information content (AvgIpc) is 3.07. The summed E-state index contributed by atoms with van der Waals surface area (Å²) in [6.45, 7) is 7.96. The molecule has 0 aromatic heterocycles. The third kappa shape index (κ3) is 2.91. The van der Waals surface area contributed by atoms with Gasteiger partial charge in [0.25, 0.3) is 0 Å². The van der Waals surface area contributed by atoms with Gasteiger partial charge in [0, 0.05) is 25.6 Å². The Kier molecular flexibility index (Phi) is 5.80. The second-order valence-corrected chi connectivity index (χ2v) is 9.88. The number of Topliss-reactive ketones (excluding diaryl/α,β-unsaturated/α-hetero) is 1. The first-order valence-corrected chi connectivity index (χ1v) is 10.4. The van der Waals surface area contributed by atoms with Crippen LogP contribution in [-0.2, 0) is 19.0 Å². The first-order chi connectivity index (χ1) is 12.7. The van der Waals surface area contributed by atoms with E-state index >= 15 is 0 Å². The average molecular weight is 385 g/mol. The van der Waals surface area contributed by atoms with Crippen molar-refractivity contribution in [2.45, 2.75) is 72.0 Å². The summed E-state index contributed by atoms with van der Waals surface area (Å²) in [4.78, 5) is 13.5. The van der Waals surface area contributed by atoms with E-state index in [2.05, 4.69) is 13.8 Å². The van der Waals surface area contributed by atoms with Crippen molar-refractivity contribution in [3.8, 4) is 0 Å². The minimum atomic E-state index is -1.00. The smallest absolute Gasteiger partial charge is 0.146 e. The van der Waals surface area contributed by atoms with Crippen LogP contribution in [0.15, 0.2) is 0 Å². The van der Waals surface area contributed by atoms with E-state index < -0.39 is 12.1 Å². The standard InChI is InChI=1S/C22H37FO4/c1-14-7-9-22-10-8-16(26-6)18(22)21(14,4)17(27-13-25-5)11-20(3,12-23)19(24)15(22)2/h14-18H,7-13H2,1-6H3/t14-,15+,16?,17-,18?,20+,21+,22?/m1/s1. The fourth-order valence-electron chi connectivity index (χ4n) is 7.00. The van der Waals surface area contributed by atoms with Crippen molar-refractivity contribution in [2.75, 3.05) is 27.7 Å². The van der Waals surface area contributed by atoms with Gasteiger partial charge in [-0.15, -0.1) is 0 Å². The highest BCUT2D eigenvalue weighted by Gasteiger charge is 2.68. The molecule has 0 radical (unpaired) electrons. The molecule has 8 atom stereocenters. The molecule has 3 aliphatic carbocycles. The summed E-state index contributed by atoms with van der Waals surface area (Å²) in [7, 11) is 3.39. The predicted octanol–water partition coefficient (Wildman–Crippen LogP) is 4.41. The van der Waals surface area contributed by atoms with Crippen molar-refractivity contribution in [3.63, 3.8) is 0 Å². The minimum Gasteiger partial charge on any atom is -0.381 e. The quantitative estimate of drug-likeness (QED) is 0.659. The van der Waals surface area contributed by atoms with E-state index in [0.29, 0.717) is 12.3 Å². The van der Waals surface area contributed by atoms with E-state index in [0.717, 1.165) is 25.7 Å². The number of hydrogen-bond acceptors (Lipinski definition) is 4. The van der Waals surface area contributed by atoms with Gasteiger partial charge in [-0.25, -0.2) is 0 Å². The summed E-state index contributed by atoms with van der Waals surface area (Å²) in [5.41, 5.74) is -1.30. The normalized spacial score (nSPS) is 50.2. The SMILES string of the molecule is COCO[C@@H]1C[C@@](C)(CF)C(=O)[C@H](C)C23CCC(OC)C2[C@@]1(C)[C@H](C)CC3. The van der Waals surface area contributed by atoms with Crippen LogP contribution >= 0.6 is 0 Å². The lowest BCUT2D eigenvalue weighted by Crippen LogP contribution is -2.63. The largest absolute Gasteiger partial charge is 0.381 e. The number of carbonyl (C=O) groups is 1. The van der Waals surface area contributed by atoms with Crippen LogP contribution < -0.4 is 0 Å². The van der Waals surface area contributed by atoms with Crippen LogP contribution in [-0.4, -0.2) is 45.7 Å². The molecule has 5 heteroatoms. The summed E-state index contributed by atoms with van der Waals surface area (Å²) < 4.78 is 31.6. The Bertz CT molecular complexity index is 569. The van der Waals surface area contributed by atoms with Crippen molar-refractivity contribution >= 4 is 5.78 Å². The minimum absolute atomic E-state index is 0.0642. The van der Waals surface area contributed by atoms with E-state index in [1.807, 2.05) is 6.92 Å². The van der Waals surface area contributed by atoms with Crippen LogP contribution in [0, 0.1) is 34.0 Å². The molecule has 0 aliphatic heterocycles. The van der Waals surface area contributed by atoms with Gasteiger partial charge in [-0.05, 0) is 49.4 Å². The van der Waals surface area contributed by atoms with Gasteiger partial charge in [0.05, 0.1) is 17.6 Å². The summed E-state index contributed by atoms with van der Waals surface area (Å²) in [5.74, 6) is 0.564. The van der Waals surface area contributed by atoms with Gasteiger partial charge in [0.2, 0.25) is 0 Å². The lowest BCUT2D eigenvalue weighted by molar-refractivity contribution is -0.220. The van der Waals surface area contributed by atoms with E-state index in [1.54, 1.807) is 21.1 Å². The molecule has 3 fully saturated rings. The van der Waals surface area contributed by atoms with Gasteiger partial charge >= 0.3 is 0 Å². The number of alkyl halides is 1. The molecule has 2 bridgehead atoms. The molecule has 0 heterocycles. The Hall–Kier alpha value is -0.520. The number of methoxy groups -OCH3 is 2. The van der Waals surface area contributed by atoms with Crippen molar-refractivity contribution in [3.05, 3.63) is 0 Å². The van der Waals surface area contributed by atoms with Gasteiger partial charge in [-0.1, -0.05) is 27.7 Å². The van der Waals surface area contributed by atoms with Crippen molar-refractivity contribution < 1.29 is 23.4 Å². The van der Waals surface area contributed by atoms with Gasteiger partial charge in [0.15, 0.2) is 0 Å². The van der Waals surface area contributed by atoms with Crippen molar-refractivity contribution in [1.29, 1.82) is 0 Å². The molecule has 3 rings (SSSR count). The van der Waals surface area contributed by atoms with Gasteiger partial charge in [0.1, 0.15) is 19.3 Å². The van der Waals surface area contributed by atoms with Crippen molar-refractivity contribution in [1.82, 2.24) is 0 Å². The topological polar surface area (TPSA) is 44.8 Å². The Balaban J connectivity index is 2.18. The molecule has 0 aromatic rings. The first-order valence-electron chi connectivity index (χ1n) is 10.4. The number of ketones is 1. The molecule has 0 spiro atoms. The van der Waals surface area contributed by atoms with Gasteiger partial charge < -0.3 is 14.2 Å². The second kappa shape index (κ2) is 7.38. The Morgan fingerprint density at radius 1 is 1.15 bits per heavy atom. The Morgan fingerprint density at radius 3 is 2.41 bits per heavy atom. The summed E-state index contributed by atoms with van der Waals surface area (Å²) in [6.07, 6.45) is 4.32. The molecule has 0 amide bonds. The van der Waals surface area contributed by atoms with E-state index in [4.69, 9.17) is 14.2 Å². The molecule has 0 N–H and O–H groups in total. The molecule has 4 nitrogen and oxygen atoms in total. The molecular formula is C22H37FO4. The monoisotopic (exact) mass is 384 g/mol. The molecule has 3 aliphatic rings. The molecule has 0 aromatic carbocycles. The predicted molar refractivity (Wildman–Crippen MR) is 102 cm³/mol. The maximum Gasteiger partial charge on any atom is 0.146 e. The maximum atomic E-state index is 14.2. The molecule has 3 saturated carbocycles. The summed E-state index contributed by atoms with van der Waals surface area (Å²) in [5, 5.41) is 0. The van der Waals surface area contributed by atoms with Crippen LogP contribution in [0.25, 0.3) is 0 Å². The second-order valence-electron chi connectivity index (χ2n) is 9.88. The highest BCUT2D eigenvalue weighted by atomic mass is 19.1. The van der Waals surface area contributed by atoms with E-state index in [1.165, 1.54) is 0 Å². The Morgan fingerprint density at radius 2 is 1.81 bits per heavy atom. The van der Waals surface area contributed by atoms with E-state index in [-0.39, 0.29) is 47.4 Å². The molecule has 3 unspecified atom stereocenters. The van der Waals surface area contributed by atoms with Crippen LogP contribution in [0.4, 0.5) is 4.39 Å². The highest BCUT2D eigenvalue weighted by molar-refractivity contribution is 5.87. The van der Waals surface area contributed by atoms with Crippen LogP contribution in [0.2, 0.25) is 0 Å². The number of carbonyl (C=O) groups excluding carboxylic acids is 1. The number of hydrogen-bond donors (Lipinski definition) is 0. The summed E-state index contributed by atoms with van der Waals surface area (Å²) >= 11 is 0. The van der Waals surface area contributed by atoms with E-state index in [9.17, 15) is 9.18 Å². The first kappa shape index (κ1) is 21.2. The maximum absolute atomic E-state index is 14.2. The zero-order valence-corrected chi connectivity index (χ0v) is 17.8. The number of rotatable bonds is 5. The fourth-order valence-corrected chi connectivity index (χ4v) is 7.00. The van der Waals surface area contributed by atoms with Crippen molar-refractivity contribution in [2.24, 2.45) is 34.0 Å². The molecular weight excluding hydrogens is 347 g/mol. The van der Waals surface area contributed by atoms with Crippen LogP contribution in [0.3, 0.4) is 0 Å². The van der Waals surface area contributed by atoms with Gasteiger partial charge in [-0.2, -0.15) is 0 Å². The highest BCUT2D eigenvalue weighted by Crippen LogP contribution is 2.68. The number of ether oxygens (including phenoxy) is 3. The molecule has 27 heavy (non-hydrogen) atoms. The number of halogens is 1. The molecule has 156 valence electrons. The van der Waals surface area contributed by atoms with Crippen LogP contribution in [0.5, 0.6) is 0 Å². The third-order valence-electron chi connectivity index (χ3n) is 8.83. The van der Waals surface area contributed by atoms with Crippen LogP contribution in [0.1, 0.15) is 59.8 Å². The lowest BCUT2D eigenvalue weighted by atomic mass is 9.44. The zero-order chi connectivity index (χ0) is 20.0. The van der Waals surface area contributed by atoms with Gasteiger partial charge in [-0.3, -0.25) is 9.18 Å². The zero-order valence-electron chi connectivity index (χ0n) is 17.8.